The van der Waals surface area contributed by atoms with Crippen molar-refractivity contribution in [2.75, 3.05) is 6.54 Å². The van der Waals surface area contributed by atoms with Crippen LogP contribution in [0.1, 0.15) is 30.1 Å². The highest BCUT2D eigenvalue weighted by atomic mass is 16.4. The first-order valence-corrected chi connectivity index (χ1v) is 8.44. The Morgan fingerprint density at radius 3 is 2.56 bits per heavy atom. The highest BCUT2D eigenvalue weighted by molar-refractivity contribution is 6.07. The average molecular weight is 374 g/mol. The summed E-state index contributed by atoms with van der Waals surface area (Å²) in [7, 11) is 0. The Hall–Kier alpha value is -3.36. The number of fused-ring (bicyclic) bond motifs is 1. The second kappa shape index (κ2) is 8.84. The maximum atomic E-state index is 12.3. The third kappa shape index (κ3) is 5.30. The van der Waals surface area contributed by atoms with Gasteiger partial charge < -0.3 is 26.0 Å². The monoisotopic (exact) mass is 374 g/mol. The summed E-state index contributed by atoms with van der Waals surface area (Å²) in [5, 5.41) is 14.8. The number of hydrogen-bond acceptors (Lipinski definition) is 4. The van der Waals surface area contributed by atoms with E-state index in [1.807, 2.05) is 0 Å². The molecule has 0 aliphatic rings. The molecule has 0 fully saturated rings. The number of carboxylic acid groups (broad SMARTS) is 1. The van der Waals surface area contributed by atoms with E-state index in [2.05, 4.69) is 10.6 Å². The third-order valence-electron chi connectivity index (χ3n) is 4.08. The molecule has 2 aromatic rings. The van der Waals surface area contributed by atoms with Crippen LogP contribution in [-0.4, -0.2) is 46.0 Å². The number of aliphatic carboxylic acids is 1. The molecule has 1 heterocycles. The van der Waals surface area contributed by atoms with Gasteiger partial charge >= 0.3 is 12.0 Å². The molecule has 0 bridgehead atoms. The van der Waals surface area contributed by atoms with Gasteiger partial charge in [-0.05, 0) is 25.8 Å². The van der Waals surface area contributed by atoms with Gasteiger partial charge in [-0.3, -0.25) is 9.59 Å². The number of urea groups is 1. The first kappa shape index (κ1) is 20.0. The van der Waals surface area contributed by atoms with Crippen LogP contribution in [0.15, 0.2) is 30.5 Å². The summed E-state index contributed by atoms with van der Waals surface area (Å²) < 4.78 is 1.62. The van der Waals surface area contributed by atoms with Crippen LogP contribution in [0, 0.1) is 0 Å². The fraction of sp³-hybridized carbons (Fsp3) is 0.333. The molecular weight excluding hydrogens is 352 g/mol. The van der Waals surface area contributed by atoms with Gasteiger partial charge in [-0.1, -0.05) is 18.2 Å². The maximum Gasteiger partial charge on any atom is 0.326 e. The summed E-state index contributed by atoms with van der Waals surface area (Å²) in [6.45, 7) is 1.56. The SMILES string of the molecule is CC(=O)c1cn(CC(=O)N[C@H](CCCNC(N)=O)C(=O)O)c2ccccc12. The van der Waals surface area contributed by atoms with Gasteiger partial charge in [0, 0.05) is 29.2 Å². The molecule has 1 aromatic heterocycles. The van der Waals surface area contributed by atoms with Gasteiger partial charge in [-0.25, -0.2) is 9.59 Å². The van der Waals surface area contributed by atoms with E-state index in [0.29, 0.717) is 12.0 Å². The fourth-order valence-electron chi connectivity index (χ4n) is 2.83. The van der Waals surface area contributed by atoms with Crippen LogP contribution in [0.4, 0.5) is 4.79 Å². The van der Waals surface area contributed by atoms with Gasteiger partial charge in [0.1, 0.15) is 12.6 Å². The number of ketones is 1. The predicted molar refractivity (Wildman–Crippen MR) is 98.3 cm³/mol. The standard InChI is InChI=1S/C18H22N4O5/c1-11(23)13-9-22(15-7-3-2-5-12(13)15)10-16(24)21-14(17(25)26)6-4-8-20-18(19)27/h2-3,5,7,9,14H,4,6,8,10H2,1H3,(H,21,24)(H,25,26)(H3,19,20,27)/t14-/m1/s1. The van der Waals surface area contributed by atoms with Crippen molar-refractivity contribution >= 4 is 34.6 Å². The highest BCUT2D eigenvalue weighted by Gasteiger charge is 2.20. The zero-order chi connectivity index (χ0) is 20.0. The Kier molecular flexibility index (Phi) is 6.53. The summed E-state index contributed by atoms with van der Waals surface area (Å²) >= 11 is 0. The smallest absolute Gasteiger partial charge is 0.326 e. The van der Waals surface area contributed by atoms with Gasteiger partial charge in [-0.15, -0.1) is 0 Å². The van der Waals surface area contributed by atoms with Gasteiger partial charge in [0.2, 0.25) is 5.91 Å². The second-order valence-corrected chi connectivity index (χ2v) is 6.14. The van der Waals surface area contributed by atoms with Crippen LogP contribution in [0.2, 0.25) is 0 Å². The van der Waals surface area contributed by atoms with Crippen molar-refractivity contribution in [1.82, 2.24) is 15.2 Å². The van der Waals surface area contributed by atoms with Crippen molar-refractivity contribution in [1.29, 1.82) is 0 Å². The number of nitrogens with two attached hydrogens (primary N) is 1. The molecule has 27 heavy (non-hydrogen) atoms. The van der Waals surface area contributed by atoms with Crippen LogP contribution >= 0.6 is 0 Å². The molecule has 1 aromatic carbocycles. The van der Waals surface area contributed by atoms with E-state index in [1.165, 1.54) is 6.92 Å². The van der Waals surface area contributed by atoms with E-state index >= 15 is 0 Å². The molecule has 0 aliphatic carbocycles. The average Bonchev–Trinajstić information content (AvgIpc) is 2.96. The zero-order valence-electron chi connectivity index (χ0n) is 14.9. The molecular formula is C18H22N4O5. The number of primary amides is 1. The minimum Gasteiger partial charge on any atom is -0.480 e. The molecule has 144 valence electrons. The van der Waals surface area contributed by atoms with Crippen molar-refractivity contribution in [2.45, 2.75) is 32.4 Å². The normalized spacial score (nSPS) is 11.7. The van der Waals surface area contributed by atoms with E-state index < -0.39 is 23.9 Å². The number of hydrogen-bond donors (Lipinski definition) is 4. The van der Waals surface area contributed by atoms with Crippen molar-refractivity contribution in [2.24, 2.45) is 5.73 Å². The van der Waals surface area contributed by atoms with Crippen LogP contribution in [0.3, 0.4) is 0 Å². The Morgan fingerprint density at radius 1 is 1.22 bits per heavy atom. The lowest BCUT2D eigenvalue weighted by molar-refractivity contribution is -0.142. The van der Waals surface area contributed by atoms with Gasteiger partial charge in [-0.2, -0.15) is 0 Å². The first-order chi connectivity index (χ1) is 12.8. The molecule has 9 heteroatoms. The van der Waals surface area contributed by atoms with Crippen LogP contribution in [0.5, 0.6) is 0 Å². The topological polar surface area (TPSA) is 144 Å². The number of Topliss-reactive ketones (excluding diaryl/α,β-unsaturated/α-hetero) is 1. The third-order valence-corrected chi connectivity index (χ3v) is 4.08. The Morgan fingerprint density at radius 2 is 1.93 bits per heavy atom. The second-order valence-electron chi connectivity index (χ2n) is 6.14. The molecule has 3 amide bonds. The van der Waals surface area contributed by atoms with E-state index in [1.54, 1.807) is 35.0 Å². The van der Waals surface area contributed by atoms with Crippen LogP contribution in [-0.2, 0) is 16.1 Å². The van der Waals surface area contributed by atoms with Gasteiger partial charge in [0.25, 0.3) is 0 Å². The summed E-state index contributed by atoms with van der Waals surface area (Å²) in [4.78, 5) is 46.1. The first-order valence-electron chi connectivity index (χ1n) is 8.44. The number of carbonyl (C=O) groups excluding carboxylic acids is 3. The number of amides is 3. The molecule has 0 spiro atoms. The lowest BCUT2D eigenvalue weighted by Crippen LogP contribution is -2.42. The number of rotatable bonds is 9. The minimum absolute atomic E-state index is 0.114. The molecule has 1 atom stereocenters. The van der Waals surface area contributed by atoms with E-state index in [4.69, 9.17) is 5.73 Å². The lowest BCUT2D eigenvalue weighted by atomic mass is 10.1. The molecule has 2 rings (SSSR count). The van der Waals surface area contributed by atoms with Crippen molar-refractivity contribution < 1.29 is 24.3 Å². The number of nitrogens with one attached hydrogen (secondary N) is 2. The van der Waals surface area contributed by atoms with E-state index in [-0.39, 0.29) is 25.3 Å². The zero-order valence-corrected chi connectivity index (χ0v) is 14.9. The van der Waals surface area contributed by atoms with Crippen LogP contribution < -0.4 is 16.4 Å². The molecule has 0 aliphatic heterocycles. The van der Waals surface area contributed by atoms with Gasteiger partial charge in [0.05, 0.1) is 0 Å². The quantitative estimate of drug-likeness (QED) is 0.380. The Bertz CT molecular complexity index is 874. The predicted octanol–water partition coefficient (Wildman–Crippen LogP) is 0.862. The molecule has 0 saturated carbocycles. The molecule has 9 nitrogen and oxygen atoms in total. The number of carbonyl (C=O) groups is 4. The number of nitrogens with zero attached hydrogens (tertiary/aromatic N) is 1. The van der Waals surface area contributed by atoms with Gasteiger partial charge in [0.15, 0.2) is 5.78 Å². The number of benzene rings is 1. The molecule has 0 saturated heterocycles. The minimum atomic E-state index is -1.16. The highest BCUT2D eigenvalue weighted by Crippen LogP contribution is 2.21. The number of para-hydroxylation sites is 1. The largest absolute Gasteiger partial charge is 0.480 e. The fourth-order valence-corrected chi connectivity index (χ4v) is 2.83. The Balaban J connectivity index is 2.05. The van der Waals surface area contributed by atoms with E-state index in [9.17, 15) is 24.3 Å². The lowest BCUT2D eigenvalue weighted by Gasteiger charge is -2.15. The summed E-state index contributed by atoms with van der Waals surface area (Å²) in [6, 6.07) is 5.42. The summed E-state index contributed by atoms with van der Waals surface area (Å²) in [5.41, 5.74) is 6.16. The summed E-state index contributed by atoms with van der Waals surface area (Å²) in [6.07, 6.45) is 2.09. The summed E-state index contributed by atoms with van der Waals surface area (Å²) in [5.74, 6) is -1.76. The molecule has 5 N–H and O–H groups in total. The van der Waals surface area contributed by atoms with Crippen molar-refractivity contribution in [3.8, 4) is 0 Å². The van der Waals surface area contributed by atoms with E-state index in [0.717, 1.165) is 10.9 Å². The maximum absolute atomic E-state index is 12.3. The number of carboxylic acids is 1. The van der Waals surface area contributed by atoms with Crippen molar-refractivity contribution in [3.63, 3.8) is 0 Å². The Labute approximate surface area is 155 Å². The molecule has 0 radical (unpaired) electrons. The number of aromatic nitrogens is 1. The van der Waals surface area contributed by atoms with Crippen molar-refractivity contribution in [3.05, 3.63) is 36.0 Å². The van der Waals surface area contributed by atoms with Crippen LogP contribution in [0.25, 0.3) is 10.9 Å². The molecule has 0 unspecified atom stereocenters.